The van der Waals surface area contributed by atoms with Crippen LogP contribution in [0.3, 0.4) is 0 Å². The summed E-state index contributed by atoms with van der Waals surface area (Å²) in [6, 6.07) is 6.76. The van der Waals surface area contributed by atoms with Crippen molar-refractivity contribution in [2.45, 2.75) is 83.3 Å². The van der Waals surface area contributed by atoms with E-state index in [-0.39, 0.29) is 5.54 Å². The Labute approximate surface area is 194 Å². The summed E-state index contributed by atoms with van der Waals surface area (Å²) in [5.41, 5.74) is 4.07. The maximum atomic E-state index is 12.8. The molecule has 0 radical (unpaired) electrons. The van der Waals surface area contributed by atoms with Gasteiger partial charge in [0, 0.05) is 31.7 Å². The normalized spacial score (nSPS) is 22.8. The zero-order valence-electron chi connectivity index (χ0n) is 19.8. The Balaban J connectivity index is 1.39. The van der Waals surface area contributed by atoms with Crippen LogP contribution in [0, 0.1) is 6.92 Å². The number of ether oxygens (including phenoxy) is 1. The standard InChI is InChI=1S/C25H36F3N3O2/c1-19-6-7-21(22(16-19)17-29-11-3-4-12-29)18-31-13-5-8-24(31)9-14-30(15-10-24)23(32)33-20(2)25(26,27)28/h6-7,16,20H,3-5,8-15,17-18H2,1-2H3. The van der Waals surface area contributed by atoms with Crippen molar-refractivity contribution in [3.63, 3.8) is 0 Å². The summed E-state index contributed by atoms with van der Waals surface area (Å²) in [6.45, 7) is 9.13. The number of amides is 1. The molecule has 1 spiro atoms. The average Bonchev–Trinajstić information content (AvgIpc) is 3.40. The SMILES string of the molecule is Cc1ccc(CN2CCCC23CCN(C(=O)OC(C)C(F)(F)F)CC3)c(CN2CCCC2)c1. The minimum absolute atomic E-state index is 0.0161. The Morgan fingerprint density at radius 3 is 2.36 bits per heavy atom. The van der Waals surface area contributed by atoms with Gasteiger partial charge in [0.25, 0.3) is 0 Å². The van der Waals surface area contributed by atoms with Crippen LogP contribution in [0.4, 0.5) is 18.0 Å². The Bertz CT molecular complexity index is 831. The van der Waals surface area contributed by atoms with Gasteiger partial charge in [-0.2, -0.15) is 13.2 Å². The quantitative estimate of drug-likeness (QED) is 0.603. The lowest BCUT2D eigenvalue weighted by Crippen LogP contribution is -2.53. The molecule has 33 heavy (non-hydrogen) atoms. The summed E-state index contributed by atoms with van der Waals surface area (Å²) >= 11 is 0. The highest BCUT2D eigenvalue weighted by molar-refractivity contribution is 5.68. The Kier molecular flexibility index (Phi) is 7.24. The molecular formula is C25H36F3N3O2. The first-order chi connectivity index (χ1) is 15.7. The van der Waals surface area contributed by atoms with Crippen molar-refractivity contribution in [2.75, 3.05) is 32.7 Å². The van der Waals surface area contributed by atoms with Crippen LogP contribution in [0.1, 0.15) is 62.1 Å². The van der Waals surface area contributed by atoms with Gasteiger partial charge in [0.05, 0.1) is 0 Å². The Hall–Kier alpha value is -1.80. The molecule has 4 rings (SSSR count). The molecule has 1 unspecified atom stereocenters. The van der Waals surface area contributed by atoms with Crippen LogP contribution in [-0.2, 0) is 17.8 Å². The van der Waals surface area contributed by atoms with Crippen LogP contribution in [0.5, 0.6) is 0 Å². The van der Waals surface area contributed by atoms with E-state index in [2.05, 4.69) is 39.7 Å². The van der Waals surface area contributed by atoms with Gasteiger partial charge in [-0.25, -0.2) is 4.79 Å². The second-order valence-corrected chi connectivity index (χ2v) is 10.1. The molecule has 1 amide bonds. The number of halogens is 3. The van der Waals surface area contributed by atoms with Gasteiger partial charge < -0.3 is 9.64 Å². The number of carbonyl (C=O) groups excluding carboxylic acids is 1. The van der Waals surface area contributed by atoms with Crippen molar-refractivity contribution in [3.05, 3.63) is 34.9 Å². The highest BCUT2D eigenvalue weighted by Crippen LogP contribution is 2.40. The van der Waals surface area contributed by atoms with Crippen molar-refractivity contribution in [3.8, 4) is 0 Å². The smallest absolute Gasteiger partial charge is 0.425 e. The summed E-state index contributed by atoms with van der Waals surface area (Å²) in [5, 5.41) is 0. The van der Waals surface area contributed by atoms with Crippen LogP contribution in [0.15, 0.2) is 18.2 Å². The van der Waals surface area contributed by atoms with Crippen molar-refractivity contribution in [1.82, 2.24) is 14.7 Å². The molecule has 5 nitrogen and oxygen atoms in total. The molecule has 3 saturated heterocycles. The van der Waals surface area contributed by atoms with E-state index in [1.165, 1.54) is 47.5 Å². The minimum atomic E-state index is -4.53. The third-order valence-electron chi connectivity index (χ3n) is 7.75. The molecule has 0 bridgehead atoms. The van der Waals surface area contributed by atoms with Gasteiger partial charge in [-0.05, 0) is 83.1 Å². The highest BCUT2D eigenvalue weighted by atomic mass is 19.4. The third-order valence-corrected chi connectivity index (χ3v) is 7.75. The van der Waals surface area contributed by atoms with E-state index in [1.807, 2.05) is 0 Å². The largest absolute Gasteiger partial charge is 0.437 e. The number of likely N-dealkylation sites (tertiary alicyclic amines) is 3. The van der Waals surface area contributed by atoms with Gasteiger partial charge in [-0.3, -0.25) is 9.80 Å². The first kappa shape index (κ1) is 24.3. The molecule has 0 N–H and O–H groups in total. The minimum Gasteiger partial charge on any atom is -0.437 e. The second-order valence-electron chi connectivity index (χ2n) is 10.1. The molecule has 0 aliphatic carbocycles. The van der Waals surface area contributed by atoms with E-state index in [1.54, 1.807) is 0 Å². The third kappa shape index (κ3) is 5.65. The van der Waals surface area contributed by atoms with E-state index >= 15 is 0 Å². The first-order valence-corrected chi connectivity index (χ1v) is 12.2. The Morgan fingerprint density at radius 1 is 1.00 bits per heavy atom. The van der Waals surface area contributed by atoms with Gasteiger partial charge >= 0.3 is 12.3 Å². The molecule has 1 aromatic carbocycles. The monoisotopic (exact) mass is 467 g/mol. The van der Waals surface area contributed by atoms with E-state index in [0.29, 0.717) is 13.1 Å². The molecule has 0 aromatic heterocycles. The lowest BCUT2D eigenvalue weighted by molar-refractivity contribution is -0.200. The summed E-state index contributed by atoms with van der Waals surface area (Å²) in [4.78, 5) is 18.8. The van der Waals surface area contributed by atoms with Crippen LogP contribution in [-0.4, -0.2) is 71.3 Å². The average molecular weight is 468 g/mol. The number of rotatable bonds is 5. The lowest BCUT2D eigenvalue weighted by atomic mass is 9.84. The zero-order valence-corrected chi connectivity index (χ0v) is 19.8. The zero-order chi connectivity index (χ0) is 23.6. The maximum Gasteiger partial charge on any atom is 0.425 e. The molecule has 3 fully saturated rings. The van der Waals surface area contributed by atoms with Gasteiger partial charge in [0.15, 0.2) is 6.10 Å². The van der Waals surface area contributed by atoms with Crippen molar-refractivity contribution in [1.29, 1.82) is 0 Å². The molecule has 3 aliphatic rings. The molecule has 8 heteroatoms. The van der Waals surface area contributed by atoms with Crippen LogP contribution in [0.25, 0.3) is 0 Å². The summed E-state index contributed by atoms with van der Waals surface area (Å²) in [6.07, 6.45) is -1.19. The number of carbonyl (C=O) groups is 1. The van der Waals surface area contributed by atoms with Crippen molar-refractivity contribution in [2.24, 2.45) is 0 Å². The van der Waals surface area contributed by atoms with Gasteiger partial charge in [-0.1, -0.05) is 23.8 Å². The maximum absolute atomic E-state index is 12.8. The second kappa shape index (κ2) is 9.82. The number of hydrogen-bond acceptors (Lipinski definition) is 4. The van der Waals surface area contributed by atoms with Crippen LogP contribution in [0.2, 0.25) is 0 Å². The molecule has 3 heterocycles. The summed E-state index contributed by atoms with van der Waals surface area (Å²) in [5.74, 6) is 0. The van der Waals surface area contributed by atoms with Gasteiger partial charge in [0.1, 0.15) is 0 Å². The van der Waals surface area contributed by atoms with Crippen molar-refractivity contribution < 1.29 is 22.7 Å². The fourth-order valence-electron chi connectivity index (χ4n) is 5.65. The fourth-order valence-corrected chi connectivity index (χ4v) is 5.65. The predicted molar refractivity (Wildman–Crippen MR) is 121 cm³/mol. The molecule has 0 saturated carbocycles. The van der Waals surface area contributed by atoms with E-state index in [4.69, 9.17) is 0 Å². The van der Waals surface area contributed by atoms with Crippen molar-refractivity contribution >= 4 is 6.09 Å². The summed E-state index contributed by atoms with van der Waals surface area (Å²) < 4.78 is 42.9. The summed E-state index contributed by atoms with van der Waals surface area (Å²) in [7, 11) is 0. The number of benzene rings is 1. The molecule has 3 aliphatic heterocycles. The number of hydrogen-bond donors (Lipinski definition) is 0. The number of aryl methyl sites for hydroxylation is 1. The molecular weight excluding hydrogens is 431 g/mol. The van der Waals surface area contributed by atoms with Crippen LogP contribution < -0.4 is 0 Å². The highest BCUT2D eigenvalue weighted by Gasteiger charge is 2.45. The van der Waals surface area contributed by atoms with Crippen LogP contribution >= 0.6 is 0 Å². The lowest BCUT2D eigenvalue weighted by Gasteiger charge is -2.45. The van der Waals surface area contributed by atoms with E-state index in [0.717, 1.165) is 52.2 Å². The molecule has 1 atom stereocenters. The fraction of sp³-hybridized carbons (Fsp3) is 0.720. The van der Waals surface area contributed by atoms with Gasteiger partial charge in [0.2, 0.25) is 0 Å². The topological polar surface area (TPSA) is 36.0 Å². The number of nitrogens with zero attached hydrogens (tertiary/aromatic N) is 3. The first-order valence-electron chi connectivity index (χ1n) is 12.2. The van der Waals surface area contributed by atoms with E-state index in [9.17, 15) is 18.0 Å². The molecule has 184 valence electrons. The van der Waals surface area contributed by atoms with Gasteiger partial charge in [-0.15, -0.1) is 0 Å². The number of piperidine rings is 1. The number of alkyl halides is 3. The Morgan fingerprint density at radius 2 is 1.70 bits per heavy atom. The van der Waals surface area contributed by atoms with E-state index < -0.39 is 18.4 Å². The predicted octanol–water partition coefficient (Wildman–Crippen LogP) is 5.11. The molecule has 1 aromatic rings.